The molecule has 0 spiro atoms. The summed E-state index contributed by atoms with van der Waals surface area (Å²) in [6.45, 7) is 8.08. The zero-order chi connectivity index (χ0) is 28.0. The molecule has 0 bridgehead atoms. The molecule has 1 aliphatic heterocycles. The van der Waals surface area contributed by atoms with E-state index in [1.165, 1.54) is 22.1 Å². The van der Waals surface area contributed by atoms with Gasteiger partial charge in [0.05, 0.1) is 39.7 Å². The van der Waals surface area contributed by atoms with Crippen molar-refractivity contribution in [2.45, 2.75) is 59.0 Å². The number of amides is 1. The van der Waals surface area contributed by atoms with E-state index in [1.54, 1.807) is 30.8 Å². The van der Waals surface area contributed by atoms with E-state index in [9.17, 15) is 14.0 Å². The highest BCUT2D eigenvalue weighted by atomic mass is 79.9. The van der Waals surface area contributed by atoms with Gasteiger partial charge in [-0.15, -0.1) is 16.4 Å². The van der Waals surface area contributed by atoms with Crippen LogP contribution in [0.25, 0.3) is 10.6 Å². The van der Waals surface area contributed by atoms with Crippen LogP contribution in [0.5, 0.6) is 0 Å². The first kappa shape index (κ1) is 27.3. The van der Waals surface area contributed by atoms with Crippen molar-refractivity contribution in [2.24, 2.45) is 7.05 Å². The standard InChI is InChI=1S/C27H29BrFN7O2S/c1-14-15(2)32-34(5)26(37)23(14)25-30-16(3)24(39-25)27(38)35-11-7-6-8-22(35)21-13-36(33-31-21)17(4)18-9-10-20(29)19(28)12-18/h9-10,12-13,17,22H,6-8,11H2,1-5H3/t17-,22?/m1/s1. The third kappa shape index (κ3) is 5.07. The Bertz CT molecular complexity index is 1630. The van der Waals surface area contributed by atoms with Gasteiger partial charge < -0.3 is 4.90 Å². The normalized spacial score (nSPS) is 16.5. The first-order chi connectivity index (χ1) is 18.6. The average Bonchev–Trinajstić information content (AvgIpc) is 3.56. The molecule has 1 aromatic carbocycles. The van der Waals surface area contributed by atoms with Crippen molar-refractivity contribution in [3.63, 3.8) is 0 Å². The van der Waals surface area contributed by atoms with E-state index < -0.39 is 0 Å². The summed E-state index contributed by atoms with van der Waals surface area (Å²) in [5, 5.41) is 13.6. The number of likely N-dealkylation sites (tertiary alicyclic amines) is 1. The second kappa shape index (κ2) is 10.7. The van der Waals surface area contributed by atoms with Crippen molar-refractivity contribution in [1.29, 1.82) is 0 Å². The lowest BCUT2D eigenvalue weighted by molar-refractivity contribution is 0.0610. The van der Waals surface area contributed by atoms with Crippen LogP contribution >= 0.6 is 27.3 Å². The van der Waals surface area contributed by atoms with Gasteiger partial charge in [0.15, 0.2) is 0 Å². The zero-order valence-electron chi connectivity index (χ0n) is 22.4. The Labute approximate surface area is 237 Å². The molecule has 9 nitrogen and oxygen atoms in total. The molecule has 12 heteroatoms. The molecule has 2 atom stereocenters. The highest BCUT2D eigenvalue weighted by Gasteiger charge is 2.33. The van der Waals surface area contributed by atoms with Gasteiger partial charge >= 0.3 is 0 Å². The molecule has 204 valence electrons. The van der Waals surface area contributed by atoms with E-state index in [0.717, 1.165) is 36.1 Å². The number of piperidine rings is 1. The van der Waals surface area contributed by atoms with Gasteiger partial charge in [0.25, 0.3) is 11.5 Å². The first-order valence-electron chi connectivity index (χ1n) is 12.8. The summed E-state index contributed by atoms with van der Waals surface area (Å²) in [5.74, 6) is -0.441. The van der Waals surface area contributed by atoms with Crippen LogP contribution in [0.1, 0.15) is 76.2 Å². The van der Waals surface area contributed by atoms with Crippen LogP contribution in [0.15, 0.2) is 33.7 Å². The second-order valence-corrected chi connectivity index (χ2v) is 11.8. The molecule has 1 aliphatic rings. The zero-order valence-corrected chi connectivity index (χ0v) is 24.8. The predicted octanol–water partition coefficient (Wildman–Crippen LogP) is 5.30. The van der Waals surface area contributed by atoms with Gasteiger partial charge in [0.2, 0.25) is 0 Å². The van der Waals surface area contributed by atoms with Crippen LogP contribution < -0.4 is 5.56 Å². The summed E-state index contributed by atoms with van der Waals surface area (Å²) in [4.78, 5) is 33.8. The minimum atomic E-state index is -0.322. The Kier molecular flexibility index (Phi) is 7.51. The van der Waals surface area contributed by atoms with Crippen molar-refractivity contribution in [3.05, 3.63) is 78.1 Å². The maximum atomic E-state index is 13.9. The molecule has 0 saturated carbocycles. The van der Waals surface area contributed by atoms with E-state index in [4.69, 9.17) is 0 Å². The van der Waals surface area contributed by atoms with Gasteiger partial charge in [-0.25, -0.2) is 18.7 Å². The first-order valence-corrected chi connectivity index (χ1v) is 14.4. The number of thiazole rings is 1. The maximum Gasteiger partial charge on any atom is 0.277 e. The minimum absolute atomic E-state index is 0.119. The number of hydrogen-bond acceptors (Lipinski definition) is 7. The number of aromatic nitrogens is 6. The summed E-state index contributed by atoms with van der Waals surface area (Å²) >= 11 is 4.50. The molecular weight excluding hydrogens is 585 g/mol. The van der Waals surface area contributed by atoms with Crippen molar-refractivity contribution in [3.8, 4) is 10.6 Å². The van der Waals surface area contributed by atoms with Gasteiger partial charge in [-0.1, -0.05) is 11.3 Å². The van der Waals surface area contributed by atoms with Crippen LogP contribution in [0.2, 0.25) is 0 Å². The number of halogens is 2. The minimum Gasteiger partial charge on any atom is -0.329 e. The van der Waals surface area contributed by atoms with Gasteiger partial charge in [-0.3, -0.25) is 9.59 Å². The van der Waals surface area contributed by atoms with Crippen LogP contribution in [-0.2, 0) is 7.05 Å². The summed E-state index contributed by atoms with van der Waals surface area (Å²) in [6.07, 6.45) is 4.51. The molecule has 4 aromatic rings. The van der Waals surface area contributed by atoms with Crippen molar-refractivity contribution >= 4 is 33.2 Å². The molecule has 3 aromatic heterocycles. The quantitative estimate of drug-likeness (QED) is 0.303. The number of aryl methyl sites for hydroxylation is 3. The number of benzene rings is 1. The Balaban J connectivity index is 1.44. The number of nitrogens with zero attached hydrogens (tertiary/aromatic N) is 7. The molecular formula is C27H29BrFN7O2S. The highest BCUT2D eigenvalue weighted by Crippen LogP contribution is 2.35. The van der Waals surface area contributed by atoms with Gasteiger partial charge in [0, 0.05) is 13.6 Å². The molecule has 1 fully saturated rings. The summed E-state index contributed by atoms with van der Waals surface area (Å²) in [5.41, 5.74) is 3.96. The van der Waals surface area contributed by atoms with Crippen molar-refractivity contribution in [1.82, 2.24) is 34.7 Å². The Morgan fingerprint density at radius 2 is 1.97 bits per heavy atom. The SMILES string of the molecule is Cc1nc(-c2c(C)c(C)nn(C)c2=O)sc1C(=O)N1CCCCC1c1cn([C@H](C)c2ccc(F)c(Br)c2)nn1. The molecule has 39 heavy (non-hydrogen) atoms. The lowest BCUT2D eigenvalue weighted by Crippen LogP contribution is -2.38. The summed E-state index contributed by atoms with van der Waals surface area (Å²) < 4.78 is 17.2. The lowest BCUT2D eigenvalue weighted by Gasteiger charge is -2.34. The third-order valence-electron chi connectivity index (χ3n) is 7.39. The van der Waals surface area contributed by atoms with E-state index >= 15 is 0 Å². The fraction of sp³-hybridized carbons (Fsp3) is 0.407. The van der Waals surface area contributed by atoms with Crippen LogP contribution in [0.4, 0.5) is 4.39 Å². The lowest BCUT2D eigenvalue weighted by atomic mass is 9.99. The Morgan fingerprint density at radius 1 is 1.21 bits per heavy atom. The molecule has 5 rings (SSSR count). The monoisotopic (exact) mass is 613 g/mol. The summed E-state index contributed by atoms with van der Waals surface area (Å²) in [6, 6.07) is 4.49. The average molecular weight is 615 g/mol. The van der Waals surface area contributed by atoms with E-state index in [1.807, 2.05) is 31.9 Å². The van der Waals surface area contributed by atoms with Crippen molar-refractivity contribution < 1.29 is 9.18 Å². The number of carbonyl (C=O) groups is 1. The molecule has 0 radical (unpaired) electrons. The second-order valence-electron chi connectivity index (χ2n) is 9.93. The van der Waals surface area contributed by atoms with Gasteiger partial charge in [-0.2, -0.15) is 5.10 Å². The van der Waals surface area contributed by atoms with E-state index in [0.29, 0.717) is 37.9 Å². The molecule has 1 unspecified atom stereocenters. The van der Waals surface area contributed by atoms with E-state index in [-0.39, 0.29) is 29.4 Å². The van der Waals surface area contributed by atoms with Crippen molar-refractivity contribution in [2.75, 3.05) is 6.54 Å². The maximum absolute atomic E-state index is 13.9. The number of hydrogen-bond donors (Lipinski definition) is 0. The van der Waals surface area contributed by atoms with Gasteiger partial charge in [0.1, 0.15) is 21.4 Å². The smallest absolute Gasteiger partial charge is 0.277 e. The fourth-order valence-electron chi connectivity index (χ4n) is 4.97. The van der Waals surface area contributed by atoms with Gasteiger partial charge in [-0.05, 0) is 86.1 Å². The topological polar surface area (TPSA) is 98.8 Å². The van der Waals surface area contributed by atoms with Crippen LogP contribution in [0, 0.1) is 26.6 Å². The molecule has 1 amide bonds. The van der Waals surface area contributed by atoms with E-state index in [2.05, 4.69) is 36.3 Å². The van der Waals surface area contributed by atoms with Crippen LogP contribution in [-0.4, -0.2) is 47.1 Å². The largest absolute Gasteiger partial charge is 0.329 e. The molecule has 1 saturated heterocycles. The molecule has 0 aliphatic carbocycles. The Morgan fingerprint density at radius 3 is 2.72 bits per heavy atom. The summed E-state index contributed by atoms with van der Waals surface area (Å²) in [7, 11) is 1.62. The Hall–Kier alpha value is -3.25. The molecule has 0 N–H and O–H groups in total. The fourth-order valence-corrected chi connectivity index (χ4v) is 6.48. The predicted molar refractivity (Wildman–Crippen MR) is 150 cm³/mol. The number of rotatable bonds is 5. The van der Waals surface area contributed by atoms with Crippen LogP contribution in [0.3, 0.4) is 0 Å². The third-order valence-corrected chi connectivity index (χ3v) is 9.16. The molecule has 4 heterocycles. The number of carbonyl (C=O) groups excluding carboxylic acids is 1. The highest BCUT2D eigenvalue weighted by molar-refractivity contribution is 9.10.